The zero-order valence-electron chi connectivity index (χ0n) is 20.4. The monoisotopic (exact) mass is 526 g/mol. The molecule has 0 spiro atoms. The van der Waals surface area contributed by atoms with E-state index < -0.39 is 23.5 Å². The summed E-state index contributed by atoms with van der Waals surface area (Å²) in [5.74, 6) is -0.344. The van der Waals surface area contributed by atoms with Crippen LogP contribution >= 0.6 is 0 Å². The third kappa shape index (κ3) is 4.69. The topological polar surface area (TPSA) is 96.8 Å². The van der Waals surface area contributed by atoms with Crippen LogP contribution in [0.2, 0.25) is 0 Å². The molecule has 0 fully saturated rings. The minimum atomic E-state index is -4.44. The number of hydrogen-bond acceptors (Lipinski definition) is 5. The summed E-state index contributed by atoms with van der Waals surface area (Å²) in [6, 6.07) is 8.90. The number of nitrogens with one attached hydrogen (secondary N) is 1. The summed E-state index contributed by atoms with van der Waals surface area (Å²) in [4.78, 5) is 26.5. The third-order valence-corrected chi connectivity index (χ3v) is 6.77. The van der Waals surface area contributed by atoms with Crippen molar-refractivity contribution in [3.63, 3.8) is 0 Å². The van der Waals surface area contributed by atoms with E-state index in [0.717, 1.165) is 17.7 Å². The van der Waals surface area contributed by atoms with Crippen molar-refractivity contribution in [2.75, 3.05) is 6.54 Å². The fourth-order valence-corrected chi connectivity index (χ4v) is 4.41. The fraction of sp³-hybridized carbons (Fsp3) is 0.269. The van der Waals surface area contributed by atoms with Crippen LogP contribution in [-0.2, 0) is 25.7 Å². The van der Waals surface area contributed by atoms with Crippen LogP contribution in [0.3, 0.4) is 0 Å². The first-order valence-corrected chi connectivity index (χ1v) is 11.7. The molecule has 4 aromatic rings. The number of aromatic nitrogens is 5. The SMILES string of the molecule is Cc1c(Cc2ccc(F)c(C(=O)N3CCn4c(nnc4-c4ccc(C(F)(F)F)cc4)C3)c2)n[nH]c(=O)c1C. The highest BCUT2D eigenvalue weighted by atomic mass is 19.4. The molecule has 8 nitrogen and oxygen atoms in total. The van der Waals surface area contributed by atoms with Crippen molar-refractivity contribution in [2.45, 2.75) is 39.5 Å². The molecule has 38 heavy (non-hydrogen) atoms. The Morgan fingerprint density at radius 2 is 1.76 bits per heavy atom. The van der Waals surface area contributed by atoms with Gasteiger partial charge in [0.05, 0.1) is 23.4 Å². The maximum atomic E-state index is 14.7. The lowest BCUT2D eigenvalue weighted by Crippen LogP contribution is -2.39. The van der Waals surface area contributed by atoms with Gasteiger partial charge in [-0.15, -0.1) is 10.2 Å². The van der Waals surface area contributed by atoms with Gasteiger partial charge in [-0.2, -0.15) is 18.3 Å². The Kier molecular flexibility index (Phi) is 6.33. The number of amides is 1. The predicted molar refractivity (Wildman–Crippen MR) is 129 cm³/mol. The Hall–Kier alpha value is -4.35. The highest BCUT2D eigenvalue weighted by Crippen LogP contribution is 2.31. The van der Waals surface area contributed by atoms with Crippen LogP contribution in [-0.4, -0.2) is 42.3 Å². The normalized spacial score (nSPS) is 13.5. The second-order valence-electron chi connectivity index (χ2n) is 9.13. The van der Waals surface area contributed by atoms with Crippen LogP contribution in [0.1, 0.15) is 44.1 Å². The van der Waals surface area contributed by atoms with Crippen LogP contribution in [0.25, 0.3) is 11.4 Å². The molecule has 1 aliphatic heterocycles. The number of aromatic amines is 1. The molecular formula is C26H22F4N6O2. The maximum Gasteiger partial charge on any atom is 0.416 e. The number of fused-ring (bicyclic) bond motifs is 1. The summed E-state index contributed by atoms with van der Waals surface area (Å²) in [6.07, 6.45) is -4.14. The number of halogens is 4. The number of H-pyrrole nitrogens is 1. The number of carbonyl (C=O) groups is 1. The highest BCUT2D eigenvalue weighted by Gasteiger charge is 2.31. The molecule has 1 aliphatic rings. The molecule has 12 heteroatoms. The lowest BCUT2D eigenvalue weighted by Gasteiger charge is -2.28. The molecule has 196 valence electrons. The second kappa shape index (κ2) is 9.51. The number of hydrogen-bond donors (Lipinski definition) is 1. The van der Waals surface area contributed by atoms with E-state index in [9.17, 15) is 27.2 Å². The summed E-state index contributed by atoms with van der Waals surface area (Å²) in [5, 5.41) is 14.8. The molecular weight excluding hydrogens is 504 g/mol. The molecule has 0 aliphatic carbocycles. The van der Waals surface area contributed by atoms with Gasteiger partial charge in [0.1, 0.15) is 5.82 Å². The Bertz CT molecular complexity index is 1590. The smallest absolute Gasteiger partial charge is 0.329 e. The number of benzene rings is 2. The third-order valence-electron chi connectivity index (χ3n) is 6.77. The van der Waals surface area contributed by atoms with Crippen molar-refractivity contribution in [2.24, 2.45) is 0 Å². The number of carbonyl (C=O) groups excluding carboxylic acids is 1. The molecule has 0 radical (unpaired) electrons. The average molecular weight is 526 g/mol. The zero-order chi connectivity index (χ0) is 27.2. The first-order chi connectivity index (χ1) is 18.0. The maximum absolute atomic E-state index is 14.7. The lowest BCUT2D eigenvalue weighted by atomic mass is 10.0. The first kappa shape index (κ1) is 25.3. The molecule has 0 bridgehead atoms. The van der Waals surface area contributed by atoms with Crippen LogP contribution < -0.4 is 5.56 Å². The van der Waals surface area contributed by atoms with E-state index in [4.69, 9.17) is 0 Å². The van der Waals surface area contributed by atoms with Gasteiger partial charge in [0.2, 0.25) is 0 Å². The van der Waals surface area contributed by atoms with Crippen molar-refractivity contribution in [1.82, 2.24) is 29.9 Å². The summed E-state index contributed by atoms with van der Waals surface area (Å²) in [5.41, 5.74) is 1.87. The van der Waals surface area contributed by atoms with Gasteiger partial charge in [-0.1, -0.05) is 18.2 Å². The molecule has 0 atom stereocenters. The fourth-order valence-electron chi connectivity index (χ4n) is 4.41. The lowest BCUT2D eigenvalue weighted by molar-refractivity contribution is -0.137. The standard InChI is InChI=1S/C26H22F4N6O2/c1-14-15(2)24(37)34-31-21(14)12-16-3-8-20(27)19(11-16)25(38)35-9-10-36-22(13-35)32-33-23(36)17-4-6-18(7-5-17)26(28,29)30/h3-8,11H,9-10,12-13H2,1-2H3,(H,34,37). The largest absolute Gasteiger partial charge is 0.416 e. The molecule has 0 unspecified atom stereocenters. The molecule has 2 aromatic carbocycles. The van der Waals surface area contributed by atoms with Gasteiger partial charge in [-0.25, -0.2) is 9.49 Å². The molecule has 0 saturated heterocycles. The predicted octanol–water partition coefficient (Wildman–Crippen LogP) is 4.05. The molecule has 0 saturated carbocycles. The van der Waals surface area contributed by atoms with Gasteiger partial charge >= 0.3 is 6.18 Å². The van der Waals surface area contributed by atoms with Gasteiger partial charge in [-0.05, 0) is 49.2 Å². The van der Waals surface area contributed by atoms with E-state index in [-0.39, 0.29) is 24.2 Å². The Balaban J connectivity index is 1.35. The number of alkyl halides is 3. The Morgan fingerprint density at radius 1 is 1.03 bits per heavy atom. The summed E-state index contributed by atoms with van der Waals surface area (Å²) >= 11 is 0. The quantitative estimate of drug-likeness (QED) is 0.405. The molecule has 1 N–H and O–H groups in total. The van der Waals surface area contributed by atoms with Crippen molar-refractivity contribution in [1.29, 1.82) is 0 Å². The summed E-state index contributed by atoms with van der Waals surface area (Å²) < 4.78 is 55.1. The molecule has 1 amide bonds. The number of nitrogens with zero attached hydrogens (tertiary/aromatic N) is 5. The summed E-state index contributed by atoms with van der Waals surface area (Å²) in [6.45, 7) is 4.07. The van der Waals surface area contributed by atoms with Crippen LogP contribution in [0, 0.1) is 19.7 Å². The Morgan fingerprint density at radius 3 is 2.47 bits per heavy atom. The van der Waals surface area contributed by atoms with E-state index >= 15 is 0 Å². The molecule has 3 heterocycles. The van der Waals surface area contributed by atoms with E-state index in [0.29, 0.717) is 47.0 Å². The Labute approximate surface area is 213 Å². The highest BCUT2D eigenvalue weighted by molar-refractivity contribution is 5.94. The van der Waals surface area contributed by atoms with Gasteiger partial charge in [0.15, 0.2) is 11.6 Å². The van der Waals surface area contributed by atoms with Gasteiger partial charge in [-0.3, -0.25) is 9.59 Å². The second-order valence-corrected chi connectivity index (χ2v) is 9.13. The van der Waals surface area contributed by atoms with Crippen molar-refractivity contribution >= 4 is 5.91 Å². The minimum absolute atomic E-state index is 0.0654. The number of rotatable bonds is 4. The summed E-state index contributed by atoms with van der Waals surface area (Å²) in [7, 11) is 0. The van der Waals surface area contributed by atoms with Gasteiger partial charge in [0, 0.05) is 30.6 Å². The van der Waals surface area contributed by atoms with E-state index in [1.165, 1.54) is 29.2 Å². The van der Waals surface area contributed by atoms with Crippen LogP contribution in [0.4, 0.5) is 17.6 Å². The van der Waals surface area contributed by atoms with Crippen LogP contribution in [0.5, 0.6) is 0 Å². The van der Waals surface area contributed by atoms with E-state index in [1.54, 1.807) is 24.5 Å². The molecule has 5 rings (SSSR count). The van der Waals surface area contributed by atoms with Crippen molar-refractivity contribution in [3.05, 3.63) is 98.0 Å². The average Bonchev–Trinajstić information content (AvgIpc) is 3.32. The van der Waals surface area contributed by atoms with Crippen LogP contribution in [0.15, 0.2) is 47.3 Å². The minimum Gasteiger partial charge on any atom is -0.329 e. The van der Waals surface area contributed by atoms with Gasteiger partial charge in [0.25, 0.3) is 11.5 Å². The van der Waals surface area contributed by atoms with Crippen molar-refractivity contribution < 1.29 is 22.4 Å². The van der Waals surface area contributed by atoms with E-state index in [1.807, 2.05) is 0 Å². The van der Waals surface area contributed by atoms with Gasteiger partial charge < -0.3 is 9.47 Å². The van der Waals surface area contributed by atoms with E-state index in [2.05, 4.69) is 20.4 Å². The molecule has 2 aromatic heterocycles. The van der Waals surface area contributed by atoms with Crippen molar-refractivity contribution in [3.8, 4) is 11.4 Å². The zero-order valence-corrected chi connectivity index (χ0v) is 20.4. The first-order valence-electron chi connectivity index (χ1n) is 11.7.